The summed E-state index contributed by atoms with van der Waals surface area (Å²) in [5.74, 6) is 0. The number of hydrogen-bond donors (Lipinski definition) is 1. The zero-order valence-corrected chi connectivity index (χ0v) is 31.0. The fourth-order valence-electron chi connectivity index (χ4n) is 8.59. The third-order valence-corrected chi connectivity index (χ3v) is 11.4. The number of hydrogen-bond acceptors (Lipinski definition) is 2. The highest BCUT2D eigenvalue weighted by Gasteiger charge is 2.36. The molecule has 0 heterocycles. The Hall–Kier alpha value is -6.90. The molecule has 0 unspecified atom stereocenters. The van der Waals surface area contributed by atoms with Crippen LogP contribution < -0.4 is 10.2 Å². The van der Waals surface area contributed by atoms with E-state index < -0.39 is 0 Å². The minimum absolute atomic E-state index is 0.202. The Bertz CT molecular complexity index is 2850. The minimum Gasteiger partial charge on any atom is -0.355 e. The molecule has 2 nitrogen and oxygen atoms in total. The first-order valence-electron chi connectivity index (χ1n) is 19.1. The molecule has 1 aliphatic rings. The largest absolute Gasteiger partial charge is 0.355 e. The Morgan fingerprint density at radius 2 is 0.982 bits per heavy atom. The first-order valence-corrected chi connectivity index (χ1v) is 19.1. The molecule has 0 amide bonds. The van der Waals surface area contributed by atoms with Crippen molar-refractivity contribution in [2.75, 3.05) is 10.2 Å². The van der Waals surface area contributed by atoms with E-state index in [4.69, 9.17) is 0 Å². The van der Waals surface area contributed by atoms with Crippen LogP contribution in [0.5, 0.6) is 0 Å². The molecule has 0 bridgehead atoms. The molecule has 1 aliphatic carbocycles. The predicted molar refractivity (Wildman–Crippen MR) is 234 cm³/mol. The molecule has 262 valence electrons. The quantitative estimate of drug-likeness (QED) is 0.178. The van der Waals surface area contributed by atoms with Crippen molar-refractivity contribution in [3.05, 3.63) is 211 Å². The lowest BCUT2D eigenvalue weighted by atomic mass is 9.82. The zero-order chi connectivity index (χ0) is 36.9. The van der Waals surface area contributed by atoms with Crippen molar-refractivity contribution in [2.45, 2.75) is 19.3 Å². The molecule has 0 aliphatic heterocycles. The fraction of sp³-hybridized carbons (Fsp3) is 0.0566. The van der Waals surface area contributed by atoms with Crippen LogP contribution in [0.1, 0.15) is 25.0 Å². The molecule has 0 atom stereocenters. The van der Waals surface area contributed by atoms with Crippen molar-refractivity contribution in [1.29, 1.82) is 0 Å². The maximum Gasteiger partial charge on any atom is 0.0470 e. The van der Waals surface area contributed by atoms with Crippen molar-refractivity contribution in [3.63, 3.8) is 0 Å². The molecule has 10 rings (SSSR count). The molecule has 9 aromatic carbocycles. The Morgan fingerprint density at radius 3 is 1.76 bits per heavy atom. The van der Waals surface area contributed by atoms with Crippen molar-refractivity contribution >= 4 is 50.0 Å². The van der Waals surface area contributed by atoms with E-state index >= 15 is 0 Å². The second kappa shape index (κ2) is 13.2. The van der Waals surface area contributed by atoms with Crippen LogP contribution in [-0.2, 0) is 5.41 Å². The van der Waals surface area contributed by atoms with Gasteiger partial charge in [0.15, 0.2) is 0 Å². The Balaban J connectivity index is 1.00. The van der Waals surface area contributed by atoms with E-state index in [9.17, 15) is 0 Å². The number of benzene rings is 9. The number of nitrogens with one attached hydrogen (secondary N) is 1. The number of fused-ring (bicyclic) bond motifs is 5. The lowest BCUT2D eigenvalue weighted by Crippen LogP contribution is -2.16. The third-order valence-electron chi connectivity index (χ3n) is 11.4. The summed E-state index contributed by atoms with van der Waals surface area (Å²) in [6.45, 7) is 4.73. The van der Waals surface area contributed by atoms with E-state index in [0.29, 0.717) is 0 Å². The van der Waals surface area contributed by atoms with Gasteiger partial charge in [-0.1, -0.05) is 153 Å². The fourth-order valence-corrected chi connectivity index (χ4v) is 8.59. The van der Waals surface area contributed by atoms with Gasteiger partial charge in [0.25, 0.3) is 0 Å². The van der Waals surface area contributed by atoms with Crippen LogP contribution in [0.2, 0.25) is 0 Å². The van der Waals surface area contributed by atoms with E-state index in [1.165, 1.54) is 66.1 Å². The third kappa shape index (κ3) is 5.75. The van der Waals surface area contributed by atoms with Crippen LogP contribution in [-0.4, -0.2) is 0 Å². The zero-order valence-electron chi connectivity index (χ0n) is 31.0. The van der Waals surface area contributed by atoms with Gasteiger partial charge in [-0.3, -0.25) is 0 Å². The molecule has 0 saturated heterocycles. The maximum atomic E-state index is 3.85. The molecule has 0 radical (unpaired) electrons. The summed E-state index contributed by atoms with van der Waals surface area (Å²) in [5.41, 5.74) is 15.5. The molecular weight excluding hydrogens is 665 g/mol. The van der Waals surface area contributed by atoms with Gasteiger partial charge in [-0.05, 0) is 121 Å². The van der Waals surface area contributed by atoms with E-state index in [2.05, 4.69) is 224 Å². The lowest BCUT2D eigenvalue weighted by Gasteiger charge is -2.28. The molecular formula is C53H40N2. The van der Waals surface area contributed by atoms with Crippen LogP contribution >= 0.6 is 0 Å². The van der Waals surface area contributed by atoms with Crippen molar-refractivity contribution in [2.24, 2.45) is 0 Å². The van der Waals surface area contributed by atoms with Crippen molar-refractivity contribution < 1.29 is 0 Å². The van der Waals surface area contributed by atoms with Crippen LogP contribution in [0, 0.1) is 0 Å². The number of para-hydroxylation sites is 1. The average molecular weight is 705 g/mol. The summed E-state index contributed by atoms with van der Waals surface area (Å²) in [5, 5.41) is 8.84. The van der Waals surface area contributed by atoms with Gasteiger partial charge in [0.05, 0.1) is 0 Å². The van der Waals surface area contributed by atoms with Gasteiger partial charge in [-0.25, -0.2) is 0 Å². The number of nitrogens with zero attached hydrogens (tertiary/aromatic N) is 1. The van der Waals surface area contributed by atoms with Crippen molar-refractivity contribution in [1.82, 2.24) is 0 Å². The first kappa shape index (κ1) is 32.7. The molecule has 0 saturated carbocycles. The van der Waals surface area contributed by atoms with Gasteiger partial charge in [-0.2, -0.15) is 0 Å². The topological polar surface area (TPSA) is 15.3 Å². The second-order valence-corrected chi connectivity index (χ2v) is 15.1. The SMILES string of the molecule is CC1(C)c2cc(Nc3ccc4ccccc4c3-c3ccccc3)ccc2-c2ccc(N(c3ccccc3)c3ccc(-c4ccc5ccccc5c4)cc3)cc21. The van der Waals surface area contributed by atoms with E-state index in [1.807, 2.05) is 0 Å². The molecule has 1 N–H and O–H groups in total. The summed E-state index contributed by atoms with van der Waals surface area (Å²) >= 11 is 0. The van der Waals surface area contributed by atoms with Crippen molar-refractivity contribution in [3.8, 4) is 33.4 Å². The maximum absolute atomic E-state index is 3.85. The van der Waals surface area contributed by atoms with Crippen LogP contribution in [0.15, 0.2) is 200 Å². The Labute approximate surface area is 323 Å². The molecule has 0 fully saturated rings. The summed E-state index contributed by atoms with van der Waals surface area (Å²) in [7, 11) is 0. The van der Waals surface area contributed by atoms with Crippen LogP contribution in [0.3, 0.4) is 0 Å². The Kier molecular flexibility index (Phi) is 7.85. The van der Waals surface area contributed by atoms with E-state index in [0.717, 1.165) is 28.4 Å². The summed E-state index contributed by atoms with van der Waals surface area (Å²) in [6, 6.07) is 72.6. The highest BCUT2D eigenvalue weighted by molar-refractivity contribution is 6.03. The smallest absolute Gasteiger partial charge is 0.0470 e. The van der Waals surface area contributed by atoms with E-state index in [1.54, 1.807) is 0 Å². The number of rotatable bonds is 7. The number of anilines is 5. The van der Waals surface area contributed by atoms with Gasteiger partial charge < -0.3 is 10.2 Å². The molecule has 0 spiro atoms. The highest BCUT2D eigenvalue weighted by Crippen LogP contribution is 2.52. The normalized spacial score (nSPS) is 12.7. The first-order chi connectivity index (χ1) is 27.0. The van der Waals surface area contributed by atoms with Gasteiger partial charge in [0.1, 0.15) is 0 Å². The summed E-state index contributed by atoms with van der Waals surface area (Å²) in [4.78, 5) is 2.38. The predicted octanol–water partition coefficient (Wildman–Crippen LogP) is 14.8. The Morgan fingerprint density at radius 1 is 0.400 bits per heavy atom. The summed E-state index contributed by atoms with van der Waals surface area (Å²) < 4.78 is 0. The average Bonchev–Trinajstić information content (AvgIpc) is 3.46. The molecule has 55 heavy (non-hydrogen) atoms. The van der Waals surface area contributed by atoms with Gasteiger partial charge in [-0.15, -0.1) is 0 Å². The van der Waals surface area contributed by atoms with E-state index in [-0.39, 0.29) is 5.41 Å². The second-order valence-electron chi connectivity index (χ2n) is 15.1. The van der Waals surface area contributed by atoms with Gasteiger partial charge in [0, 0.05) is 39.4 Å². The van der Waals surface area contributed by atoms with Gasteiger partial charge in [0.2, 0.25) is 0 Å². The monoisotopic (exact) mass is 704 g/mol. The lowest BCUT2D eigenvalue weighted by molar-refractivity contribution is 0.660. The minimum atomic E-state index is -0.202. The van der Waals surface area contributed by atoms with Crippen LogP contribution in [0.4, 0.5) is 28.4 Å². The summed E-state index contributed by atoms with van der Waals surface area (Å²) in [6.07, 6.45) is 0. The standard InChI is InChI=1S/C53H40N2/c1-53(2)49-34-42(54-51-32-25-38-14-11-12-20-46(38)52(51)39-15-5-3-6-16-39)26-30-47(49)48-31-29-45(35-50(48)53)55(43-18-7-4-8-19-43)44-27-23-37(24-28-44)41-22-21-36-13-9-10-17-40(36)33-41/h3-35,54H,1-2H3. The molecule has 9 aromatic rings. The molecule has 0 aromatic heterocycles. The van der Waals surface area contributed by atoms with Gasteiger partial charge >= 0.3 is 0 Å². The molecule has 2 heteroatoms. The highest BCUT2D eigenvalue weighted by atomic mass is 15.1. The van der Waals surface area contributed by atoms with Crippen LogP contribution in [0.25, 0.3) is 54.9 Å².